The van der Waals surface area contributed by atoms with Crippen LogP contribution in [0.1, 0.15) is 17.0 Å². The summed E-state index contributed by atoms with van der Waals surface area (Å²) in [6, 6.07) is 1.99. The van der Waals surface area contributed by atoms with Crippen molar-refractivity contribution in [3.05, 3.63) is 12.2 Å². The quantitative estimate of drug-likeness (QED) is 0.721. The number of methoxy groups -OCH3 is 1. The second-order valence-electron chi connectivity index (χ2n) is 3.03. The van der Waals surface area contributed by atoms with Crippen LogP contribution in [0.3, 0.4) is 0 Å². The number of amides is 1. The molecule has 0 atom stereocenters. The van der Waals surface area contributed by atoms with Crippen LogP contribution in [0.25, 0.3) is 0 Å². The zero-order valence-electron chi connectivity index (χ0n) is 9.01. The highest BCUT2D eigenvalue weighted by Gasteiger charge is 2.17. The predicted molar refractivity (Wildman–Crippen MR) is 54.4 cm³/mol. The molecule has 16 heavy (non-hydrogen) atoms. The molecule has 0 bridgehead atoms. The standard InChI is InChI=1S/C9H13N5O2/c1-16-6-5-14(4-2-3-10)9(15)8-11-7-12-13-8/h7H,2,4-6H2,1H3,(H,11,12,13). The van der Waals surface area contributed by atoms with E-state index in [-0.39, 0.29) is 18.2 Å². The number of hydrogen-bond acceptors (Lipinski definition) is 5. The molecule has 0 fully saturated rings. The first-order chi connectivity index (χ1) is 7.79. The van der Waals surface area contributed by atoms with Gasteiger partial charge in [0.05, 0.1) is 19.1 Å². The minimum atomic E-state index is -0.273. The van der Waals surface area contributed by atoms with Gasteiger partial charge in [0.2, 0.25) is 5.82 Å². The highest BCUT2D eigenvalue weighted by Crippen LogP contribution is 1.99. The van der Waals surface area contributed by atoms with E-state index in [0.717, 1.165) is 0 Å². The van der Waals surface area contributed by atoms with E-state index in [4.69, 9.17) is 10.00 Å². The van der Waals surface area contributed by atoms with Gasteiger partial charge in [-0.25, -0.2) is 4.98 Å². The van der Waals surface area contributed by atoms with Crippen molar-refractivity contribution in [1.29, 1.82) is 5.26 Å². The number of nitriles is 1. The summed E-state index contributed by atoms with van der Waals surface area (Å²) in [7, 11) is 1.56. The van der Waals surface area contributed by atoms with Gasteiger partial charge >= 0.3 is 0 Å². The molecule has 0 aliphatic heterocycles. The normalized spacial score (nSPS) is 9.75. The van der Waals surface area contributed by atoms with E-state index in [0.29, 0.717) is 19.7 Å². The topological polar surface area (TPSA) is 94.9 Å². The smallest absolute Gasteiger partial charge is 0.291 e. The van der Waals surface area contributed by atoms with Crippen molar-refractivity contribution in [3.63, 3.8) is 0 Å². The van der Waals surface area contributed by atoms with E-state index in [9.17, 15) is 4.79 Å². The number of aromatic amines is 1. The third-order valence-electron chi connectivity index (χ3n) is 1.96. The maximum atomic E-state index is 11.8. The molecule has 7 nitrogen and oxygen atoms in total. The van der Waals surface area contributed by atoms with Gasteiger partial charge in [-0.1, -0.05) is 0 Å². The maximum Gasteiger partial charge on any atom is 0.291 e. The fraction of sp³-hybridized carbons (Fsp3) is 0.556. The van der Waals surface area contributed by atoms with E-state index in [2.05, 4.69) is 15.2 Å². The predicted octanol–water partition coefficient (Wildman–Crippen LogP) is -0.193. The summed E-state index contributed by atoms with van der Waals surface area (Å²) in [6.07, 6.45) is 1.55. The summed E-state index contributed by atoms with van der Waals surface area (Å²) in [6.45, 7) is 1.21. The molecule has 1 rings (SSSR count). The molecule has 0 aliphatic carbocycles. The monoisotopic (exact) mass is 223 g/mol. The number of carbonyl (C=O) groups excluding carboxylic acids is 1. The van der Waals surface area contributed by atoms with Crippen molar-refractivity contribution in [1.82, 2.24) is 20.1 Å². The van der Waals surface area contributed by atoms with E-state index >= 15 is 0 Å². The van der Waals surface area contributed by atoms with Crippen LogP contribution in [0.2, 0.25) is 0 Å². The molecule has 1 amide bonds. The van der Waals surface area contributed by atoms with E-state index in [1.807, 2.05) is 6.07 Å². The SMILES string of the molecule is COCCN(CCC#N)C(=O)c1ncn[nH]1. The highest BCUT2D eigenvalue weighted by atomic mass is 16.5. The van der Waals surface area contributed by atoms with Crippen LogP contribution < -0.4 is 0 Å². The second kappa shape index (κ2) is 6.53. The Labute approximate surface area is 93.0 Å². The van der Waals surface area contributed by atoms with Crippen molar-refractivity contribution >= 4 is 5.91 Å². The lowest BCUT2D eigenvalue weighted by Gasteiger charge is -2.19. The first-order valence-electron chi connectivity index (χ1n) is 4.80. The van der Waals surface area contributed by atoms with Gasteiger partial charge in [-0.15, -0.1) is 0 Å². The van der Waals surface area contributed by atoms with Crippen molar-refractivity contribution in [3.8, 4) is 6.07 Å². The zero-order chi connectivity index (χ0) is 11.8. The fourth-order valence-electron chi connectivity index (χ4n) is 1.16. The molecule has 1 aromatic heterocycles. The fourth-order valence-corrected chi connectivity index (χ4v) is 1.16. The molecule has 0 radical (unpaired) electrons. The Kier molecular flexibility index (Phi) is 4.95. The number of aromatic nitrogens is 3. The molecule has 0 saturated heterocycles. The van der Waals surface area contributed by atoms with Crippen molar-refractivity contribution in [2.24, 2.45) is 0 Å². The lowest BCUT2D eigenvalue weighted by molar-refractivity contribution is 0.0688. The number of H-pyrrole nitrogens is 1. The first kappa shape index (κ1) is 12.1. The second-order valence-corrected chi connectivity index (χ2v) is 3.03. The average Bonchev–Trinajstić information content (AvgIpc) is 2.82. The van der Waals surface area contributed by atoms with Crippen LogP contribution in [-0.4, -0.2) is 52.8 Å². The summed E-state index contributed by atoms with van der Waals surface area (Å²) >= 11 is 0. The summed E-state index contributed by atoms with van der Waals surface area (Å²) in [5.41, 5.74) is 0. The lowest BCUT2D eigenvalue weighted by atomic mass is 10.3. The van der Waals surface area contributed by atoms with Gasteiger partial charge in [0.15, 0.2) is 0 Å². The molecule has 0 aromatic carbocycles. The summed E-state index contributed by atoms with van der Waals surface area (Å²) in [5.74, 6) is -0.0983. The third kappa shape index (κ3) is 3.33. The van der Waals surface area contributed by atoms with E-state index in [1.165, 1.54) is 11.2 Å². The van der Waals surface area contributed by atoms with Crippen LogP contribution >= 0.6 is 0 Å². The largest absolute Gasteiger partial charge is 0.383 e. The summed E-state index contributed by atoms with van der Waals surface area (Å²) in [5, 5.41) is 14.6. The Morgan fingerprint density at radius 2 is 2.50 bits per heavy atom. The highest BCUT2D eigenvalue weighted by molar-refractivity contribution is 5.90. The van der Waals surface area contributed by atoms with Gasteiger partial charge in [-0.05, 0) is 0 Å². The molecule has 7 heteroatoms. The summed E-state index contributed by atoms with van der Waals surface area (Å²) < 4.78 is 4.90. The molecule has 0 saturated carbocycles. The van der Waals surface area contributed by atoms with Crippen LogP contribution in [0, 0.1) is 11.3 Å². The number of nitrogens with one attached hydrogen (secondary N) is 1. The van der Waals surface area contributed by atoms with Crippen LogP contribution in [0.15, 0.2) is 6.33 Å². The van der Waals surface area contributed by atoms with Crippen molar-refractivity contribution in [2.75, 3.05) is 26.8 Å². The Hall–Kier alpha value is -1.94. The van der Waals surface area contributed by atoms with Gasteiger partial charge in [0, 0.05) is 20.2 Å². The maximum absolute atomic E-state index is 11.8. The van der Waals surface area contributed by atoms with Crippen molar-refractivity contribution in [2.45, 2.75) is 6.42 Å². The van der Waals surface area contributed by atoms with Gasteiger partial charge in [0.1, 0.15) is 6.33 Å². The zero-order valence-corrected chi connectivity index (χ0v) is 9.01. The lowest BCUT2D eigenvalue weighted by Crippen LogP contribution is -2.35. The van der Waals surface area contributed by atoms with Crippen LogP contribution in [0.5, 0.6) is 0 Å². The van der Waals surface area contributed by atoms with Gasteiger partial charge in [-0.2, -0.15) is 10.4 Å². The molecule has 0 spiro atoms. The van der Waals surface area contributed by atoms with Crippen LogP contribution in [-0.2, 0) is 4.74 Å². The number of ether oxygens (including phenoxy) is 1. The van der Waals surface area contributed by atoms with Gasteiger partial charge in [-0.3, -0.25) is 9.89 Å². The van der Waals surface area contributed by atoms with Crippen LogP contribution in [0.4, 0.5) is 0 Å². The van der Waals surface area contributed by atoms with Crippen molar-refractivity contribution < 1.29 is 9.53 Å². The molecule has 0 unspecified atom stereocenters. The van der Waals surface area contributed by atoms with E-state index < -0.39 is 0 Å². The average molecular weight is 223 g/mol. The summed E-state index contributed by atoms with van der Waals surface area (Å²) in [4.78, 5) is 17.1. The molecule has 1 aromatic rings. The first-order valence-corrected chi connectivity index (χ1v) is 4.80. The number of carbonyl (C=O) groups is 1. The third-order valence-corrected chi connectivity index (χ3v) is 1.96. The molecule has 1 N–H and O–H groups in total. The minimum Gasteiger partial charge on any atom is -0.383 e. The number of nitrogens with zero attached hydrogens (tertiary/aromatic N) is 4. The Balaban J connectivity index is 2.60. The number of hydrogen-bond donors (Lipinski definition) is 1. The minimum absolute atomic E-state index is 0.175. The molecule has 1 heterocycles. The number of rotatable bonds is 6. The van der Waals surface area contributed by atoms with E-state index in [1.54, 1.807) is 7.11 Å². The molecular weight excluding hydrogens is 210 g/mol. The van der Waals surface area contributed by atoms with Gasteiger partial charge in [0.25, 0.3) is 5.91 Å². The Bertz CT molecular complexity index is 356. The molecule has 0 aliphatic rings. The van der Waals surface area contributed by atoms with Gasteiger partial charge < -0.3 is 9.64 Å². The Morgan fingerprint density at radius 3 is 3.06 bits per heavy atom. The molecule has 86 valence electrons. The Morgan fingerprint density at radius 1 is 1.69 bits per heavy atom. The molecular formula is C9H13N5O2.